The molecule has 0 spiro atoms. The minimum Gasteiger partial charge on any atom is -0.494 e. The van der Waals surface area contributed by atoms with Crippen molar-refractivity contribution < 1.29 is 14.3 Å². The van der Waals surface area contributed by atoms with Crippen molar-refractivity contribution in [1.29, 1.82) is 0 Å². The zero-order valence-corrected chi connectivity index (χ0v) is 16.7. The molecule has 0 bridgehead atoms. The molecule has 0 aliphatic rings. The third-order valence-electron chi connectivity index (χ3n) is 3.70. The molecule has 0 fully saturated rings. The first kappa shape index (κ1) is 19.6. The van der Waals surface area contributed by atoms with Crippen molar-refractivity contribution in [2.75, 3.05) is 19.5 Å². The van der Waals surface area contributed by atoms with Gasteiger partial charge >= 0.3 is 0 Å². The maximum Gasteiger partial charge on any atom is 0.282 e. The molecule has 0 saturated heterocycles. The maximum atomic E-state index is 12.9. The fourth-order valence-corrected chi connectivity index (χ4v) is 3.23. The van der Waals surface area contributed by atoms with Crippen LogP contribution in [-0.2, 0) is 0 Å². The highest BCUT2D eigenvalue weighted by Crippen LogP contribution is 2.34. The molecule has 11 heteroatoms. The molecule has 0 atom stereocenters. The molecule has 28 heavy (non-hydrogen) atoms. The first-order chi connectivity index (χ1) is 13.4. The van der Waals surface area contributed by atoms with E-state index in [1.165, 1.54) is 26.6 Å². The van der Waals surface area contributed by atoms with Gasteiger partial charge in [-0.3, -0.25) is 19.9 Å². The summed E-state index contributed by atoms with van der Waals surface area (Å²) in [6, 6.07) is 3.36. The molecule has 0 radical (unpaired) electrons. The number of carbonyl (C=O) groups is 2. The Bertz CT molecular complexity index is 1060. The second-order valence-corrected chi connectivity index (χ2v) is 6.89. The number of pyridine rings is 2. The summed E-state index contributed by atoms with van der Waals surface area (Å²) in [5.41, 5.74) is 2.16. The molecule has 3 aromatic rings. The number of nitrogens with one attached hydrogen (secondary N) is 2. The topological polar surface area (TPSA) is 119 Å². The van der Waals surface area contributed by atoms with Gasteiger partial charge in [0.15, 0.2) is 0 Å². The van der Waals surface area contributed by atoms with Gasteiger partial charge in [-0.25, -0.2) is 4.98 Å². The molecule has 0 aliphatic heterocycles. The van der Waals surface area contributed by atoms with Crippen LogP contribution in [0.2, 0.25) is 5.15 Å². The summed E-state index contributed by atoms with van der Waals surface area (Å²) < 4.78 is 5.35. The van der Waals surface area contributed by atoms with Crippen LogP contribution in [-0.4, -0.2) is 46.1 Å². The highest BCUT2D eigenvalue weighted by molar-refractivity contribution is 7.17. The number of nitrogens with zero attached hydrogens (tertiary/aromatic N) is 4. The molecular weight excluding hydrogens is 404 g/mol. The number of methoxy groups -OCH3 is 1. The largest absolute Gasteiger partial charge is 0.494 e. The van der Waals surface area contributed by atoms with Crippen LogP contribution < -0.4 is 15.4 Å². The van der Waals surface area contributed by atoms with E-state index < -0.39 is 5.91 Å². The van der Waals surface area contributed by atoms with E-state index >= 15 is 0 Å². The zero-order chi connectivity index (χ0) is 20.3. The third-order valence-corrected chi connectivity index (χ3v) is 4.74. The molecule has 3 rings (SSSR count). The van der Waals surface area contributed by atoms with Crippen LogP contribution in [0.5, 0.6) is 5.75 Å². The van der Waals surface area contributed by atoms with Crippen molar-refractivity contribution in [3.63, 3.8) is 0 Å². The van der Waals surface area contributed by atoms with E-state index in [0.29, 0.717) is 22.6 Å². The van der Waals surface area contributed by atoms with Crippen LogP contribution in [0, 0.1) is 6.92 Å². The predicted molar refractivity (Wildman–Crippen MR) is 105 cm³/mol. The number of aryl methyl sites for hydroxylation is 1. The Balaban J connectivity index is 1.99. The van der Waals surface area contributed by atoms with E-state index in [2.05, 4.69) is 30.8 Å². The van der Waals surface area contributed by atoms with Crippen LogP contribution in [0.15, 0.2) is 24.5 Å². The van der Waals surface area contributed by atoms with Gasteiger partial charge in [0.1, 0.15) is 10.9 Å². The molecular formula is C17H15ClN6O3S. The maximum absolute atomic E-state index is 12.9. The second-order valence-electron chi connectivity index (χ2n) is 5.52. The standard InChI is InChI=1S/C17H15ClN6O3S/c1-8-4-9(10-5-13(18)21-7-12(10)27-3)11(6-20-8)14(25)22-17-24-23-16(28-17)15(26)19-2/h4-7H,1-3H3,(H,19,26)(H,22,24,25). The number of carbonyl (C=O) groups excluding carboxylic acids is 2. The Labute approximate surface area is 169 Å². The fourth-order valence-electron chi connectivity index (χ4n) is 2.39. The highest BCUT2D eigenvalue weighted by atomic mass is 35.5. The van der Waals surface area contributed by atoms with Gasteiger partial charge < -0.3 is 10.1 Å². The first-order valence-electron chi connectivity index (χ1n) is 7.96. The van der Waals surface area contributed by atoms with Crippen LogP contribution in [0.25, 0.3) is 11.1 Å². The summed E-state index contributed by atoms with van der Waals surface area (Å²) in [4.78, 5) is 32.7. The summed E-state index contributed by atoms with van der Waals surface area (Å²) in [7, 11) is 2.99. The van der Waals surface area contributed by atoms with E-state index in [9.17, 15) is 9.59 Å². The van der Waals surface area contributed by atoms with E-state index in [-0.39, 0.29) is 26.8 Å². The molecule has 144 valence electrons. The number of ether oxygens (including phenoxy) is 1. The Morgan fingerprint density at radius 3 is 2.61 bits per heavy atom. The van der Waals surface area contributed by atoms with Crippen molar-refractivity contribution >= 4 is 39.9 Å². The van der Waals surface area contributed by atoms with Gasteiger partial charge in [-0.15, -0.1) is 10.2 Å². The average molecular weight is 419 g/mol. The van der Waals surface area contributed by atoms with Crippen LogP contribution in [0.1, 0.15) is 25.9 Å². The lowest BCUT2D eigenvalue weighted by Gasteiger charge is -2.13. The van der Waals surface area contributed by atoms with Gasteiger partial charge in [-0.05, 0) is 19.1 Å². The van der Waals surface area contributed by atoms with Gasteiger partial charge in [-0.1, -0.05) is 22.9 Å². The minimum atomic E-state index is -0.461. The number of amides is 2. The van der Waals surface area contributed by atoms with Crippen LogP contribution in [0.4, 0.5) is 5.13 Å². The Morgan fingerprint density at radius 1 is 1.11 bits per heavy atom. The summed E-state index contributed by atoms with van der Waals surface area (Å²) >= 11 is 7.00. The van der Waals surface area contributed by atoms with Gasteiger partial charge in [0.05, 0.1) is 18.9 Å². The normalized spacial score (nSPS) is 10.4. The minimum absolute atomic E-state index is 0.141. The summed E-state index contributed by atoms with van der Waals surface area (Å²) in [6.45, 7) is 1.81. The Kier molecular flexibility index (Phi) is 5.81. The monoisotopic (exact) mass is 418 g/mol. The number of aromatic nitrogens is 4. The van der Waals surface area contributed by atoms with Gasteiger partial charge in [0, 0.05) is 30.1 Å². The fraction of sp³-hybridized carbons (Fsp3) is 0.176. The molecule has 0 aliphatic carbocycles. The lowest BCUT2D eigenvalue weighted by Crippen LogP contribution is -2.17. The van der Waals surface area contributed by atoms with Crippen molar-refractivity contribution in [3.05, 3.63) is 45.9 Å². The number of anilines is 1. The summed E-state index contributed by atoms with van der Waals surface area (Å²) in [5, 5.41) is 13.2. The molecule has 0 aromatic carbocycles. The number of rotatable bonds is 5. The van der Waals surface area contributed by atoms with Crippen LogP contribution in [0.3, 0.4) is 0 Å². The van der Waals surface area contributed by atoms with Gasteiger partial charge in [0.2, 0.25) is 10.1 Å². The summed E-state index contributed by atoms with van der Waals surface area (Å²) in [6.07, 6.45) is 2.93. The zero-order valence-electron chi connectivity index (χ0n) is 15.1. The van der Waals surface area contributed by atoms with E-state index in [0.717, 1.165) is 11.3 Å². The Morgan fingerprint density at radius 2 is 1.89 bits per heavy atom. The van der Waals surface area contributed by atoms with E-state index in [1.54, 1.807) is 19.1 Å². The smallest absolute Gasteiger partial charge is 0.282 e. The lowest BCUT2D eigenvalue weighted by molar-refractivity contribution is 0.0961. The number of halogens is 1. The number of hydrogen-bond donors (Lipinski definition) is 2. The molecule has 3 heterocycles. The highest BCUT2D eigenvalue weighted by Gasteiger charge is 2.20. The molecule has 9 nitrogen and oxygen atoms in total. The SMILES string of the molecule is CNC(=O)c1nnc(NC(=O)c2cnc(C)cc2-c2cc(Cl)ncc2OC)s1. The Hall–Kier alpha value is -3.11. The predicted octanol–water partition coefficient (Wildman–Crippen LogP) is 2.58. The average Bonchev–Trinajstić information content (AvgIpc) is 3.15. The van der Waals surface area contributed by atoms with Crippen molar-refractivity contribution in [2.24, 2.45) is 0 Å². The van der Waals surface area contributed by atoms with Gasteiger partial charge in [0.25, 0.3) is 11.8 Å². The van der Waals surface area contributed by atoms with Crippen LogP contribution >= 0.6 is 22.9 Å². The number of hydrogen-bond acceptors (Lipinski definition) is 8. The molecule has 2 amide bonds. The van der Waals surface area contributed by atoms with E-state index in [1.807, 2.05) is 0 Å². The second kappa shape index (κ2) is 8.28. The molecule has 3 aromatic heterocycles. The molecule has 0 saturated carbocycles. The van der Waals surface area contributed by atoms with Crippen molar-refractivity contribution in [3.8, 4) is 16.9 Å². The summed E-state index contributed by atoms with van der Waals surface area (Å²) in [5.74, 6) is -0.384. The molecule has 2 N–H and O–H groups in total. The van der Waals surface area contributed by atoms with Crippen molar-refractivity contribution in [1.82, 2.24) is 25.5 Å². The first-order valence-corrected chi connectivity index (χ1v) is 9.16. The third kappa shape index (κ3) is 4.07. The van der Waals surface area contributed by atoms with Crippen molar-refractivity contribution in [2.45, 2.75) is 6.92 Å². The molecule has 0 unspecified atom stereocenters. The van der Waals surface area contributed by atoms with Gasteiger partial charge in [-0.2, -0.15) is 0 Å². The lowest BCUT2D eigenvalue weighted by atomic mass is 10.0. The quantitative estimate of drug-likeness (QED) is 0.611. The van der Waals surface area contributed by atoms with E-state index in [4.69, 9.17) is 16.3 Å².